The number of fused-ring (bicyclic) bond motifs is 14. The summed E-state index contributed by atoms with van der Waals surface area (Å²) in [6.07, 6.45) is 2.00. The minimum atomic E-state index is -2.25. The molecule has 0 saturated heterocycles. The van der Waals surface area contributed by atoms with Crippen molar-refractivity contribution in [3.8, 4) is 17.2 Å². The van der Waals surface area contributed by atoms with Crippen LogP contribution in [0.5, 0.6) is 0 Å². The molecule has 1 atom stereocenters. The third-order valence-electron chi connectivity index (χ3n) is 16.0. The molecule has 5 nitrogen and oxygen atoms in total. The molecule has 0 fully saturated rings. The van der Waals surface area contributed by atoms with Crippen LogP contribution in [0.15, 0.2) is 188 Å². The summed E-state index contributed by atoms with van der Waals surface area (Å²) in [5, 5.41) is 17.4. The van der Waals surface area contributed by atoms with E-state index in [9.17, 15) is 5.26 Å². The van der Waals surface area contributed by atoms with Crippen molar-refractivity contribution in [1.29, 1.82) is 5.26 Å². The van der Waals surface area contributed by atoms with Crippen LogP contribution < -0.4 is 20.2 Å². The van der Waals surface area contributed by atoms with E-state index in [1.807, 2.05) is 41.8 Å². The summed E-state index contributed by atoms with van der Waals surface area (Å²) in [7, 11) is -2.25. The number of hydrogen-bond donors (Lipinski definition) is 0. The van der Waals surface area contributed by atoms with Gasteiger partial charge in [-0.1, -0.05) is 98.0 Å². The maximum absolute atomic E-state index is 9.79. The lowest BCUT2D eigenvalue weighted by Crippen LogP contribution is -2.63. The van der Waals surface area contributed by atoms with Gasteiger partial charge >= 0.3 is 0 Å². The molecule has 1 spiro atoms. The van der Waals surface area contributed by atoms with E-state index in [1.165, 1.54) is 86.0 Å². The number of thiophene rings is 1. The van der Waals surface area contributed by atoms with Gasteiger partial charge < -0.3 is 9.80 Å². The molecule has 1 unspecified atom stereocenters. The topological polar surface area (TPSA) is 47.5 Å². The number of nitriles is 1. The minimum Gasteiger partial charge on any atom is -0.311 e. The average Bonchev–Trinajstić information content (AvgIpc) is 3.92. The van der Waals surface area contributed by atoms with Gasteiger partial charge in [-0.15, -0.1) is 11.3 Å². The molecule has 1 aliphatic heterocycles. The van der Waals surface area contributed by atoms with Crippen molar-refractivity contribution in [3.05, 3.63) is 250 Å². The highest BCUT2D eigenvalue weighted by Crippen LogP contribution is 2.60. The molecular formula is C66H49N5SSi. The highest BCUT2D eigenvalue weighted by atomic mass is 32.1. The Bertz CT molecular complexity index is 4160. The second kappa shape index (κ2) is 16.5. The molecule has 73 heavy (non-hydrogen) atoms. The molecule has 9 aromatic carbocycles. The fourth-order valence-electron chi connectivity index (χ4n) is 12.1. The highest BCUT2D eigenvalue weighted by molar-refractivity contribution is 7.26. The van der Waals surface area contributed by atoms with Gasteiger partial charge in [0.05, 0.1) is 35.0 Å². The van der Waals surface area contributed by atoms with E-state index < -0.39 is 13.5 Å². The summed E-state index contributed by atoms with van der Waals surface area (Å²) in [5.74, 6) is 0. The third kappa shape index (κ3) is 6.53. The van der Waals surface area contributed by atoms with Gasteiger partial charge in [0.25, 0.3) is 0 Å². The normalized spacial score (nSPS) is 14.8. The molecule has 11 aromatic rings. The van der Waals surface area contributed by atoms with Crippen LogP contribution in [0.1, 0.15) is 50.2 Å². The Hall–Kier alpha value is -8.59. The summed E-state index contributed by atoms with van der Waals surface area (Å²) in [6, 6.07) is 68.7. The van der Waals surface area contributed by atoms with Crippen molar-refractivity contribution < 1.29 is 0 Å². The number of rotatable bonds is 6. The Kier molecular flexibility index (Phi) is 10.0. The first kappa shape index (κ1) is 44.4. The predicted octanol–water partition coefficient (Wildman–Crippen LogP) is 16.7. The van der Waals surface area contributed by atoms with E-state index in [-0.39, 0.29) is 0 Å². The molecule has 0 bridgehead atoms. The van der Waals surface area contributed by atoms with Gasteiger partial charge in [-0.3, -0.25) is 4.98 Å². The lowest BCUT2D eigenvalue weighted by molar-refractivity contribution is 0.741. The lowest BCUT2D eigenvalue weighted by atomic mass is 9.69. The quantitative estimate of drug-likeness (QED) is 0.123. The van der Waals surface area contributed by atoms with Crippen LogP contribution in [-0.2, 0) is 5.41 Å². The van der Waals surface area contributed by atoms with E-state index in [2.05, 4.69) is 219 Å². The van der Waals surface area contributed by atoms with Crippen molar-refractivity contribution in [2.45, 2.75) is 46.2 Å². The minimum absolute atomic E-state index is 0.613. The van der Waals surface area contributed by atoms with Gasteiger partial charge in [-0.25, -0.2) is 4.85 Å². The fourth-order valence-corrected chi connectivity index (χ4v) is 16.4. The van der Waals surface area contributed by atoms with E-state index in [0.29, 0.717) is 11.3 Å². The van der Waals surface area contributed by atoms with Gasteiger partial charge in [-0.05, 0) is 191 Å². The van der Waals surface area contributed by atoms with E-state index in [1.54, 1.807) is 0 Å². The molecule has 0 amide bonds. The van der Waals surface area contributed by atoms with Gasteiger partial charge in [0.2, 0.25) is 0 Å². The molecule has 348 valence electrons. The number of aryl methyl sites for hydroxylation is 4. The van der Waals surface area contributed by atoms with E-state index in [0.717, 1.165) is 45.2 Å². The van der Waals surface area contributed by atoms with Crippen molar-refractivity contribution in [3.63, 3.8) is 0 Å². The van der Waals surface area contributed by atoms with Crippen LogP contribution in [0.3, 0.4) is 0 Å². The zero-order valence-electron chi connectivity index (χ0n) is 41.5. The van der Waals surface area contributed by atoms with Gasteiger partial charge in [0.1, 0.15) is 8.07 Å². The monoisotopic (exact) mass is 971 g/mol. The molecule has 13 rings (SSSR count). The smallest absolute Gasteiger partial charge is 0.187 e. The Morgan fingerprint density at radius 3 is 1.85 bits per heavy atom. The predicted molar refractivity (Wildman–Crippen MR) is 308 cm³/mol. The summed E-state index contributed by atoms with van der Waals surface area (Å²) in [6.45, 7) is 21.4. The molecule has 0 N–H and O–H groups in total. The summed E-state index contributed by atoms with van der Waals surface area (Å²) < 4.78 is 2.44. The first-order chi connectivity index (χ1) is 35.5. The molecule has 0 saturated carbocycles. The van der Waals surface area contributed by atoms with E-state index >= 15 is 0 Å². The largest absolute Gasteiger partial charge is 0.311 e. The Labute approximate surface area is 431 Å². The molecule has 2 aromatic heterocycles. The standard InChI is InChI=1S/C66H49N5SSi/c1-40-18-24-48(33-42(40)3)70(46-28-22-45(68-5)23-29-46)50-30-31-51-54-37-60-55(36-58(54)66(57(51)35-50)56-15-10-11-16-62(56)73(6,7)63-17-12-32-69-65(63)66)64-53-14-9-8-13-52(53)59(38-61(64)72-60)71(47-26-20-44(39-67)21-27-47)49-25-19-41(2)43(4)34-49/h8-38H,1-4,6-7H3. The number of pyridine rings is 1. The van der Waals surface area contributed by atoms with Crippen LogP contribution in [0.2, 0.25) is 13.1 Å². The van der Waals surface area contributed by atoms with Crippen molar-refractivity contribution in [1.82, 2.24) is 4.98 Å². The number of anilines is 6. The SMILES string of the molecule is [C-]#[N+]c1ccc(N(c2ccc(C)c(C)c2)c2ccc3c(c2)C2(c4cc5c(cc4-3)sc3cc(N(c4ccc(C#N)cc4)c4ccc(C)c(C)c4)c4ccccc4c35)c3ccccc3[Si](C)(C)c3cccnc32)cc1. The highest BCUT2D eigenvalue weighted by Gasteiger charge is 2.55. The molecular weight excluding hydrogens is 923 g/mol. The van der Waals surface area contributed by atoms with Crippen LogP contribution in [0.25, 0.3) is 46.9 Å². The molecule has 1 aliphatic carbocycles. The molecule has 0 radical (unpaired) electrons. The first-order valence-electron chi connectivity index (χ1n) is 24.9. The van der Waals surface area contributed by atoms with Crippen LogP contribution >= 0.6 is 11.3 Å². The zero-order valence-corrected chi connectivity index (χ0v) is 43.4. The Morgan fingerprint density at radius 1 is 0.534 bits per heavy atom. The first-order valence-corrected chi connectivity index (χ1v) is 28.7. The second-order valence-corrected chi connectivity index (χ2v) is 25.8. The number of aromatic nitrogens is 1. The summed E-state index contributed by atoms with van der Waals surface area (Å²) in [4.78, 5) is 14.0. The van der Waals surface area contributed by atoms with Crippen molar-refractivity contribution in [2.24, 2.45) is 0 Å². The van der Waals surface area contributed by atoms with Gasteiger partial charge in [0.15, 0.2) is 5.69 Å². The molecule has 7 heteroatoms. The van der Waals surface area contributed by atoms with Crippen LogP contribution in [0.4, 0.5) is 39.8 Å². The van der Waals surface area contributed by atoms with E-state index in [4.69, 9.17) is 11.6 Å². The average molecular weight is 972 g/mol. The lowest BCUT2D eigenvalue weighted by Gasteiger charge is -2.45. The Morgan fingerprint density at radius 2 is 1.14 bits per heavy atom. The van der Waals surface area contributed by atoms with Crippen LogP contribution in [-0.4, -0.2) is 13.1 Å². The van der Waals surface area contributed by atoms with Crippen LogP contribution in [0, 0.1) is 45.6 Å². The van der Waals surface area contributed by atoms with Crippen molar-refractivity contribution >= 4 is 101 Å². The third-order valence-corrected chi connectivity index (χ3v) is 20.7. The fraction of sp³-hybridized carbons (Fsp3) is 0.106. The second-order valence-electron chi connectivity index (χ2n) is 20.4. The summed E-state index contributed by atoms with van der Waals surface area (Å²) in [5.41, 5.74) is 19.0. The maximum Gasteiger partial charge on any atom is 0.187 e. The maximum atomic E-state index is 9.79. The molecule has 2 aliphatic rings. The number of benzene rings is 9. The zero-order chi connectivity index (χ0) is 49.9. The number of hydrogen-bond acceptors (Lipinski definition) is 5. The van der Waals surface area contributed by atoms with Gasteiger partial charge in [-0.2, -0.15) is 5.26 Å². The van der Waals surface area contributed by atoms with Gasteiger partial charge in [0, 0.05) is 60.2 Å². The molecule has 3 heterocycles. The number of nitrogens with zero attached hydrogens (tertiary/aromatic N) is 5. The Balaban J connectivity index is 1.11. The summed E-state index contributed by atoms with van der Waals surface area (Å²) >= 11 is 1.86. The van der Waals surface area contributed by atoms with Crippen molar-refractivity contribution in [2.75, 3.05) is 9.80 Å².